The van der Waals surface area contributed by atoms with Crippen LogP contribution in [0.5, 0.6) is 0 Å². The summed E-state index contributed by atoms with van der Waals surface area (Å²) in [4.78, 5) is 0. The van der Waals surface area contributed by atoms with E-state index in [0.717, 1.165) is 13.1 Å². The minimum absolute atomic E-state index is 0. The lowest BCUT2D eigenvalue weighted by Crippen LogP contribution is -2.30. The molecule has 0 bridgehead atoms. The average Bonchev–Trinajstić information content (AvgIpc) is 1.90. The van der Waals surface area contributed by atoms with Gasteiger partial charge in [-0.05, 0) is 12.8 Å². The van der Waals surface area contributed by atoms with E-state index in [9.17, 15) is 0 Å². The van der Waals surface area contributed by atoms with Gasteiger partial charge in [0.2, 0.25) is 0 Å². The number of hydrogen-bond donors (Lipinski definition) is 2. The summed E-state index contributed by atoms with van der Waals surface area (Å²) >= 11 is 0. The van der Waals surface area contributed by atoms with Crippen molar-refractivity contribution in [3.63, 3.8) is 0 Å². The highest BCUT2D eigenvalue weighted by Gasteiger charge is 1.92. The van der Waals surface area contributed by atoms with E-state index in [0.29, 0.717) is 0 Å². The van der Waals surface area contributed by atoms with E-state index in [1.165, 1.54) is 19.3 Å². The molecule has 2 N–H and O–H groups in total. The van der Waals surface area contributed by atoms with Crippen molar-refractivity contribution in [2.45, 2.75) is 19.3 Å². The van der Waals surface area contributed by atoms with Crippen molar-refractivity contribution >= 4 is 24.8 Å². The molecule has 0 amide bonds. The van der Waals surface area contributed by atoms with E-state index in [4.69, 9.17) is 0 Å². The van der Waals surface area contributed by atoms with Crippen molar-refractivity contribution in [2.75, 3.05) is 13.1 Å². The molecule has 1 heterocycles. The van der Waals surface area contributed by atoms with Crippen LogP contribution in [-0.2, 0) is 0 Å². The minimum Gasteiger partial charge on any atom is -0.258 e. The van der Waals surface area contributed by atoms with E-state index < -0.39 is 0 Å². The fourth-order valence-corrected chi connectivity index (χ4v) is 0.780. The van der Waals surface area contributed by atoms with Crippen LogP contribution in [0.1, 0.15) is 19.3 Å². The van der Waals surface area contributed by atoms with Gasteiger partial charge >= 0.3 is 0 Å². The molecule has 0 radical (unpaired) electrons. The van der Waals surface area contributed by atoms with Gasteiger partial charge in [-0.25, -0.2) is 0 Å². The largest absolute Gasteiger partial charge is 0.258 e. The van der Waals surface area contributed by atoms with Crippen LogP contribution >= 0.6 is 24.8 Å². The van der Waals surface area contributed by atoms with Gasteiger partial charge in [-0.3, -0.25) is 10.9 Å². The third kappa shape index (κ3) is 6.38. The summed E-state index contributed by atoms with van der Waals surface area (Å²) in [6.07, 6.45) is 4.03. The second-order valence-electron chi connectivity index (χ2n) is 1.91. The molecule has 1 fully saturated rings. The minimum atomic E-state index is 0. The van der Waals surface area contributed by atoms with E-state index in [1.807, 2.05) is 0 Å². The van der Waals surface area contributed by atoms with Crippen molar-refractivity contribution in [3.8, 4) is 0 Å². The Hall–Kier alpha value is 0.500. The van der Waals surface area contributed by atoms with Crippen molar-refractivity contribution in [3.05, 3.63) is 0 Å². The highest BCUT2D eigenvalue weighted by Crippen LogP contribution is 1.93. The fraction of sp³-hybridized carbons (Fsp3) is 1.00. The maximum atomic E-state index is 3.10. The van der Waals surface area contributed by atoms with Gasteiger partial charge in [0.15, 0.2) is 0 Å². The Morgan fingerprint density at radius 2 is 1.11 bits per heavy atom. The Balaban J connectivity index is 0. The molecule has 4 heteroatoms. The predicted octanol–water partition coefficient (Wildman–Crippen LogP) is 1.11. The lowest BCUT2D eigenvalue weighted by atomic mass is 10.2. The molecule has 0 unspecified atom stereocenters. The Labute approximate surface area is 68.6 Å². The Bertz CT molecular complexity index is 32.6. The summed E-state index contributed by atoms with van der Waals surface area (Å²) in [7, 11) is 0. The van der Waals surface area contributed by atoms with Gasteiger partial charge in [0.25, 0.3) is 0 Å². The quantitative estimate of drug-likeness (QED) is 0.573. The molecule has 1 aliphatic heterocycles. The molecule has 1 aliphatic rings. The molecule has 2 nitrogen and oxygen atoms in total. The highest BCUT2D eigenvalue weighted by atomic mass is 35.5. The van der Waals surface area contributed by atoms with Crippen LogP contribution in [0.3, 0.4) is 0 Å². The number of hydrazine groups is 1. The Kier molecular flexibility index (Phi) is 11.5. The molecule has 0 aromatic heterocycles. The smallest absolute Gasteiger partial charge is 0.00997 e. The number of halogens is 2. The van der Waals surface area contributed by atoms with Crippen LogP contribution in [0.25, 0.3) is 0 Å². The summed E-state index contributed by atoms with van der Waals surface area (Å²) in [6, 6.07) is 0. The van der Waals surface area contributed by atoms with Gasteiger partial charge < -0.3 is 0 Å². The lowest BCUT2D eigenvalue weighted by Gasteiger charge is -1.95. The van der Waals surface area contributed by atoms with Gasteiger partial charge in [-0.1, -0.05) is 6.42 Å². The Morgan fingerprint density at radius 1 is 0.667 bits per heavy atom. The first-order valence-electron chi connectivity index (χ1n) is 2.96. The van der Waals surface area contributed by atoms with E-state index in [-0.39, 0.29) is 24.8 Å². The van der Waals surface area contributed by atoms with Gasteiger partial charge in [0, 0.05) is 13.1 Å². The van der Waals surface area contributed by atoms with Crippen LogP contribution in [0.15, 0.2) is 0 Å². The summed E-state index contributed by atoms with van der Waals surface area (Å²) < 4.78 is 0. The standard InChI is InChI=1S/C5H12N2.2ClH/c1-2-4-6-7-5-3-1;;/h6-7H,1-5H2;2*1H. The molecule has 1 rings (SSSR count). The molecule has 1 saturated heterocycles. The van der Waals surface area contributed by atoms with Crippen LogP contribution in [0.4, 0.5) is 0 Å². The Morgan fingerprint density at radius 3 is 1.56 bits per heavy atom. The molecule has 0 saturated carbocycles. The lowest BCUT2D eigenvalue weighted by molar-refractivity contribution is 0.573. The normalized spacial score (nSPS) is 18.7. The SMILES string of the molecule is C1CCNNCC1.Cl.Cl. The molecule has 0 aliphatic carbocycles. The van der Waals surface area contributed by atoms with Crippen molar-refractivity contribution in [1.82, 2.24) is 10.9 Å². The molecule has 0 spiro atoms. The van der Waals surface area contributed by atoms with E-state index in [2.05, 4.69) is 10.9 Å². The van der Waals surface area contributed by atoms with Crippen LogP contribution < -0.4 is 10.9 Å². The number of rotatable bonds is 0. The van der Waals surface area contributed by atoms with Crippen molar-refractivity contribution in [2.24, 2.45) is 0 Å². The summed E-state index contributed by atoms with van der Waals surface area (Å²) in [5.74, 6) is 0. The highest BCUT2D eigenvalue weighted by molar-refractivity contribution is 5.85. The molecule has 0 aromatic carbocycles. The van der Waals surface area contributed by atoms with Crippen LogP contribution in [0, 0.1) is 0 Å². The third-order valence-electron chi connectivity index (χ3n) is 1.23. The molecular formula is C5H14Cl2N2. The van der Waals surface area contributed by atoms with E-state index >= 15 is 0 Å². The first kappa shape index (κ1) is 12.2. The van der Waals surface area contributed by atoms with Gasteiger partial charge in [-0.15, -0.1) is 24.8 Å². The van der Waals surface area contributed by atoms with Crippen molar-refractivity contribution in [1.29, 1.82) is 0 Å². The molecule has 58 valence electrons. The predicted molar refractivity (Wildman–Crippen MR) is 44.4 cm³/mol. The second-order valence-corrected chi connectivity index (χ2v) is 1.91. The molecular weight excluding hydrogens is 159 g/mol. The zero-order valence-corrected chi connectivity index (χ0v) is 6.99. The molecule has 0 atom stereocenters. The number of hydrogen-bond acceptors (Lipinski definition) is 2. The van der Waals surface area contributed by atoms with E-state index in [1.54, 1.807) is 0 Å². The topological polar surface area (TPSA) is 24.1 Å². The maximum absolute atomic E-state index is 3.10. The van der Waals surface area contributed by atoms with Gasteiger partial charge in [0.1, 0.15) is 0 Å². The average molecular weight is 173 g/mol. The second kappa shape index (κ2) is 8.50. The van der Waals surface area contributed by atoms with Crippen LogP contribution in [0.2, 0.25) is 0 Å². The summed E-state index contributed by atoms with van der Waals surface area (Å²) in [5.41, 5.74) is 6.19. The van der Waals surface area contributed by atoms with Gasteiger partial charge in [0.05, 0.1) is 0 Å². The molecule has 0 aromatic rings. The van der Waals surface area contributed by atoms with Gasteiger partial charge in [-0.2, -0.15) is 0 Å². The van der Waals surface area contributed by atoms with Crippen LogP contribution in [-0.4, -0.2) is 13.1 Å². The third-order valence-corrected chi connectivity index (χ3v) is 1.23. The fourth-order valence-electron chi connectivity index (χ4n) is 0.780. The first-order chi connectivity index (χ1) is 3.50. The monoisotopic (exact) mass is 172 g/mol. The summed E-state index contributed by atoms with van der Waals surface area (Å²) in [5, 5.41) is 0. The zero-order valence-electron chi connectivity index (χ0n) is 5.35. The maximum Gasteiger partial charge on any atom is 0.00997 e. The molecule has 9 heavy (non-hydrogen) atoms. The first-order valence-corrected chi connectivity index (χ1v) is 2.96. The zero-order chi connectivity index (χ0) is 4.95. The summed E-state index contributed by atoms with van der Waals surface area (Å²) in [6.45, 7) is 2.28. The number of nitrogens with one attached hydrogen (secondary N) is 2. The van der Waals surface area contributed by atoms with Crippen molar-refractivity contribution < 1.29 is 0 Å².